The van der Waals surface area contributed by atoms with E-state index < -0.39 is 25.4 Å². The van der Waals surface area contributed by atoms with Crippen LogP contribution in [0.5, 0.6) is 0 Å². The fourth-order valence-corrected chi connectivity index (χ4v) is 2.32. The van der Waals surface area contributed by atoms with Crippen LogP contribution in [0, 0.1) is 10.1 Å². The van der Waals surface area contributed by atoms with Gasteiger partial charge >= 0.3 is 0 Å². The zero-order chi connectivity index (χ0) is 15.5. The van der Waals surface area contributed by atoms with Gasteiger partial charge in [-0.3, -0.25) is 14.9 Å². The number of carbonyl (C=O) groups is 1. The minimum absolute atomic E-state index is 0.0438. The zero-order valence-electron chi connectivity index (χ0n) is 11.2. The van der Waals surface area contributed by atoms with Crippen LogP contribution in [0.15, 0.2) is 35.4 Å². The first kappa shape index (κ1) is 15.8. The Hall–Kier alpha value is -2.22. The van der Waals surface area contributed by atoms with Crippen LogP contribution >= 0.6 is 0 Å². The lowest BCUT2D eigenvalue weighted by Gasteiger charge is -2.09. The molecule has 1 aromatic rings. The Labute approximate surface area is 116 Å². The summed E-state index contributed by atoms with van der Waals surface area (Å²) in [6, 6.07) is 4.95. The van der Waals surface area contributed by atoms with Gasteiger partial charge in [0.15, 0.2) is 9.84 Å². The lowest BCUT2D eigenvalue weighted by molar-refractivity contribution is -0.384. The molecule has 0 radical (unpaired) electrons. The molecular formula is C12H14N2O5S. The summed E-state index contributed by atoms with van der Waals surface area (Å²) in [7, 11) is -0.590. The number of Topliss-reactive ketones (excluding diaryl/α,β-unsaturated/α-hetero) is 1. The van der Waals surface area contributed by atoms with Crippen LogP contribution in [0.3, 0.4) is 0 Å². The van der Waals surface area contributed by atoms with Crippen molar-refractivity contribution in [2.45, 2.75) is 0 Å². The van der Waals surface area contributed by atoms with Crippen LogP contribution in [0.4, 0.5) is 5.69 Å². The van der Waals surface area contributed by atoms with Gasteiger partial charge in [0.25, 0.3) is 5.69 Å². The summed E-state index contributed by atoms with van der Waals surface area (Å²) in [5, 5.41) is 10.7. The predicted molar refractivity (Wildman–Crippen MR) is 74.0 cm³/mol. The molecule has 8 heteroatoms. The molecular weight excluding hydrogens is 284 g/mol. The summed E-state index contributed by atoms with van der Waals surface area (Å²) in [6.45, 7) is 0. The molecule has 0 heterocycles. The Morgan fingerprint density at radius 3 is 2.40 bits per heavy atom. The van der Waals surface area contributed by atoms with Crippen LogP contribution in [0.2, 0.25) is 0 Å². The van der Waals surface area contributed by atoms with Gasteiger partial charge in [-0.25, -0.2) is 8.42 Å². The maximum atomic E-state index is 12.2. The molecule has 0 amide bonds. The van der Waals surface area contributed by atoms with E-state index in [0.29, 0.717) is 0 Å². The van der Waals surface area contributed by atoms with Crippen LogP contribution in [-0.4, -0.2) is 44.4 Å². The van der Waals surface area contributed by atoms with E-state index in [2.05, 4.69) is 0 Å². The molecule has 1 rings (SSSR count). The molecule has 0 aliphatic carbocycles. The lowest BCUT2D eigenvalue weighted by Crippen LogP contribution is -2.16. The number of allylic oxidation sites excluding steroid dienone is 1. The average Bonchev–Trinajstić information content (AvgIpc) is 2.33. The number of ketones is 1. The van der Waals surface area contributed by atoms with E-state index in [1.165, 1.54) is 29.3 Å². The molecule has 0 saturated heterocycles. The van der Waals surface area contributed by atoms with E-state index in [0.717, 1.165) is 12.3 Å². The van der Waals surface area contributed by atoms with Gasteiger partial charge in [-0.05, 0) is 0 Å². The third-order valence-corrected chi connectivity index (χ3v) is 3.41. The van der Waals surface area contributed by atoms with E-state index >= 15 is 0 Å². The van der Waals surface area contributed by atoms with E-state index in [-0.39, 0.29) is 11.3 Å². The van der Waals surface area contributed by atoms with E-state index in [1.807, 2.05) is 0 Å². The van der Waals surface area contributed by atoms with Gasteiger partial charge in [0.2, 0.25) is 5.78 Å². The number of sulfone groups is 1. The van der Waals surface area contributed by atoms with Crippen molar-refractivity contribution in [3.63, 3.8) is 0 Å². The number of hydrogen-bond donors (Lipinski definition) is 0. The molecule has 0 aromatic heterocycles. The summed E-state index contributed by atoms with van der Waals surface area (Å²) >= 11 is 0. The molecule has 108 valence electrons. The summed E-state index contributed by atoms with van der Waals surface area (Å²) in [5.74, 6) is -0.773. The first-order chi connectivity index (χ1) is 9.12. The van der Waals surface area contributed by atoms with Crippen LogP contribution in [0.1, 0.15) is 10.4 Å². The van der Waals surface area contributed by atoms with Gasteiger partial charge in [-0.2, -0.15) is 0 Å². The number of carbonyl (C=O) groups excluding carboxylic acids is 1. The minimum atomic E-state index is -3.74. The Morgan fingerprint density at radius 2 is 1.95 bits per heavy atom. The number of nitrogens with zero attached hydrogens (tertiary/aromatic N) is 2. The molecule has 7 nitrogen and oxygen atoms in total. The van der Waals surface area contributed by atoms with Gasteiger partial charge in [0, 0.05) is 44.2 Å². The molecule has 0 N–H and O–H groups in total. The Kier molecular flexibility index (Phi) is 4.61. The number of benzene rings is 1. The molecule has 0 saturated carbocycles. The maximum Gasteiger partial charge on any atom is 0.270 e. The van der Waals surface area contributed by atoms with Crippen molar-refractivity contribution in [2.24, 2.45) is 0 Å². The summed E-state index contributed by atoms with van der Waals surface area (Å²) in [5.41, 5.74) is -0.314. The Bertz CT molecular complexity index is 677. The fourth-order valence-electron chi connectivity index (χ4n) is 1.46. The van der Waals surface area contributed by atoms with Crippen molar-refractivity contribution in [3.05, 3.63) is 51.0 Å². The van der Waals surface area contributed by atoms with Crippen molar-refractivity contribution >= 4 is 21.3 Å². The standard InChI is InChI=1S/C12H14N2O5S/c1-13(2)8-11(20(3,18)19)12(15)9-5-4-6-10(7-9)14(16)17/h4-8H,1-3H3. The normalized spacial score (nSPS) is 12.1. The topological polar surface area (TPSA) is 97.6 Å². The lowest BCUT2D eigenvalue weighted by atomic mass is 10.1. The van der Waals surface area contributed by atoms with Gasteiger partial charge in [-0.15, -0.1) is 0 Å². The van der Waals surface area contributed by atoms with E-state index in [1.54, 1.807) is 14.1 Å². The second kappa shape index (κ2) is 5.83. The highest BCUT2D eigenvalue weighted by atomic mass is 32.2. The van der Waals surface area contributed by atoms with Crippen LogP contribution < -0.4 is 0 Å². The molecule has 0 fully saturated rings. The molecule has 0 unspecified atom stereocenters. The first-order valence-corrected chi connectivity index (χ1v) is 7.39. The molecule has 20 heavy (non-hydrogen) atoms. The summed E-state index contributed by atoms with van der Waals surface area (Å²) < 4.78 is 23.3. The highest BCUT2D eigenvalue weighted by Gasteiger charge is 2.23. The smallest absolute Gasteiger partial charge is 0.270 e. The highest BCUT2D eigenvalue weighted by Crippen LogP contribution is 2.18. The monoisotopic (exact) mass is 298 g/mol. The SMILES string of the molecule is CN(C)C=C(C(=O)c1cccc([N+](=O)[O-])c1)S(C)(=O)=O. The first-order valence-electron chi connectivity index (χ1n) is 5.50. The largest absolute Gasteiger partial charge is 0.382 e. The predicted octanol–water partition coefficient (Wildman–Crippen LogP) is 1.23. The van der Waals surface area contributed by atoms with Crippen molar-refractivity contribution < 1.29 is 18.1 Å². The fraction of sp³-hybridized carbons (Fsp3) is 0.250. The second-order valence-corrected chi connectivity index (χ2v) is 6.35. The number of hydrogen-bond acceptors (Lipinski definition) is 6. The van der Waals surface area contributed by atoms with E-state index in [4.69, 9.17) is 0 Å². The molecule has 0 aliphatic rings. The van der Waals surface area contributed by atoms with Crippen molar-refractivity contribution in [1.82, 2.24) is 4.90 Å². The summed E-state index contributed by atoms with van der Waals surface area (Å²) in [6.07, 6.45) is 2.09. The average molecular weight is 298 g/mol. The van der Waals surface area contributed by atoms with Crippen molar-refractivity contribution in [1.29, 1.82) is 0 Å². The third-order valence-electron chi connectivity index (χ3n) is 2.32. The molecule has 0 aliphatic heterocycles. The highest BCUT2D eigenvalue weighted by molar-refractivity contribution is 7.95. The van der Waals surface area contributed by atoms with Crippen LogP contribution in [-0.2, 0) is 9.84 Å². The third kappa shape index (κ3) is 3.89. The van der Waals surface area contributed by atoms with Gasteiger partial charge < -0.3 is 4.90 Å². The van der Waals surface area contributed by atoms with Gasteiger partial charge in [-0.1, -0.05) is 12.1 Å². The van der Waals surface area contributed by atoms with Gasteiger partial charge in [0.1, 0.15) is 4.91 Å². The van der Waals surface area contributed by atoms with Crippen molar-refractivity contribution in [3.8, 4) is 0 Å². The minimum Gasteiger partial charge on any atom is -0.382 e. The Balaban J connectivity index is 3.34. The second-order valence-electron chi connectivity index (χ2n) is 4.37. The quantitative estimate of drug-likeness (QED) is 0.351. The Morgan fingerprint density at radius 1 is 1.35 bits per heavy atom. The van der Waals surface area contributed by atoms with Crippen LogP contribution in [0.25, 0.3) is 0 Å². The number of rotatable bonds is 5. The number of nitro benzene ring substituents is 1. The summed E-state index contributed by atoms with van der Waals surface area (Å²) in [4.78, 5) is 23.2. The molecule has 0 atom stereocenters. The molecule has 1 aromatic carbocycles. The number of non-ortho nitro benzene ring substituents is 1. The zero-order valence-corrected chi connectivity index (χ0v) is 12.0. The number of nitro groups is 1. The van der Waals surface area contributed by atoms with Gasteiger partial charge in [0.05, 0.1) is 4.92 Å². The molecule has 0 spiro atoms. The van der Waals surface area contributed by atoms with Crippen molar-refractivity contribution in [2.75, 3.05) is 20.4 Å². The molecule has 0 bridgehead atoms. The maximum absolute atomic E-state index is 12.2. The van der Waals surface area contributed by atoms with E-state index in [9.17, 15) is 23.3 Å².